The molecule has 6 heteroatoms. The van der Waals surface area contributed by atoms with Crippen molar-refractivity contribution in [1.29, 1.82) is 0 Å². The molecule has 24 heavy (non-hydrogen) atoms. The largest absolute Gasteiger partial charge is 0.497 e. The van der Waals surface area contributed by atoms with E-state index >= 15 is 0 Å². The third-order valence-corrected chi connectivity index (χ3v) is 3.30. The molecule has 0 saturated heterocycles. The van der Waals surface area contributed by atoms with Crippen molar-refractivity contribution < 1.29 is 19.0 Å². The van der Waals surface area contributed by atoms with Crippen LogP contribution in [0.5, 0.6) is 17.2 Å². The Kier molecular flexibility index (Phi) is 6.31. The molecule has 0 aliphatic rings. The summed E-state index contributed by atoms with van der Waals surface area (Å²) >= 11 is 0. The summed E-state index contributed by atoms with van der Waals surface area (Å²) in [6.07, 6.45) is 0. The number of ether oxygens (including phenoxy) is 3. The Morgan fingerprint density at radius 1 is 1.00 bits per heavy atom. The average Bonchev–Trinajstić information content (AvgIpc) is 2.61. The molecule has 0 spiro atoms. The van der Waals surface area contributed by atoms with Gasteiger partial charge < -0.3 is 24.8 Å². The molecule has 2 N–H and O–H groups in total. The lowest BCUT2D eigenvalue weighted by atomic mass is 10.2. The molecule has 6 nitrogen and oxygen atoms in total. The molecule has 128 valence electrons. The quantitative estimate of drug-likeness (QED) is 0.778. The first kappa shape index (κ1) is 17.5. The third-order valence-electron chi connectivity index (χ3n) is 3.30. The minimum Gasteiger partial charge on any atom is -0.497 e. The second-order valence-electron chi connectivity index (χ2n) is 4.93. The van der Waals surface area contributed by atoms with Crippen LogP contribution < -0.4 is 24.8 Å². The zero-order valence-electron chi connectivity index (χ0n) is 14.1. The molecule has 2 aromatic rings. The summed E-state index contributed by atoms with van der Waals surface area (Å²) < 4.78 is 15.8. The number of carbonyl (C=O) groups excluding carboxylic acids is 1. The van der Waals surface area contributed by atoms with Crippen molar-refractivity contribution in [3.8, 4) is 17.2 Å². The Labute approximate surface area is 141 Å². The Balaban J connectivity index is 1.91. The van der Waals surface area contributed by atoms with E-state index in [0.717, 1.165) is 11.4 Å². The van der Waals surface area contributed by atoms with Crippen LogP contribution in [0, 0.1) is 0 Å². The fourth-order valence-corrected chi connectivity index (χ4v) is 2.13. The summed E-state index contributed by atoms with van der Waals surface area (Å²) in [6, 6.07) is 12.6. The van der Waals surface area contributed by atoms with Crippen LogP contribution in [0.4, 0.5) is 11.4 Å². The predicted molar refractivity (Wildman–Crippen MR) is 94.3 cm³/mol. The van der Waals surface area contributed by atoms with Gasteiger partial charge in [0.15, 0.2) is 0 Å². The maximum Gasteiger partial charge on any atom is 0.243 e. The molecule has 0 fully saturated rings. The van der Waals surface area contributed by atoms with Gasteiger partial charge in [-0.3, -0.25) is 4.79 Å². The lowest BCUT2D eigenvalue weighted by Crippen LogP contribution is -2.21. The topological polar surface area (TPSA) is 68.8 Å². The zero-order chi connectivity index (χ0) is 17.4. The molecule has 0 aliphatic heterocycles. The summed E-state index contributed by atoms with van der Waals surface area (Å²) in [4.78, 5) is 12.0. The highest BCUT2D eigenvalue weighted by molar-refractivity contribution is 5.94. The predicted octanol–water partition coefficient (Wildman–Crippen LogP) is 3.15. The van der Waals surface area contributed by atoms with E-state index in [1.807, 2.05) is 25.1 Å². The van der Waals surface area contributed by atoms with Crippen LogP contribution >= 0.6 is 0 Å². The van der Waals surface area contributed by atoms with Gasteiger partial charge >= 0.3 is 0 Å². The van der Waals surface area contributed by atoms with Crippen molar-refractivity contribution in [2.45, 2.75) is 6.92 Å². The Morgan fingerprint density at radius 3 is 2.33 bits per heavy atom. The lowest BCUT2D eigenvalue weighted by molar-refractivity contribution is -0.114. The van der Waals surface area contributed by atoms with Crippen molar-refractivity contribution in [3.63, 3.8) is 0 Å². The SMILES string of the molecule is CCOc1ccc(NC(=O)CNc2ccc(OC)cc2OC)cc1. The molecule has 0 aromatic heterocycles. The number of methoxy groups -OCH3 is 2. The first-order valence-corrected chi connectivity index (χ1v) is 7.65. The number of hydrogen-bond donors (Lipinski definition) is 2. The molecule has 0 heterocycles. The van der Waals surface area contributed by atoms with E-state index in [2.05, 4.69) is 10.6 Å². The Bertz CT molecular complexity index is 671. The van der Waals surface area contributed by atoms with Gasteiger partial charge in [-0.05, 0) is 43.3 Å². The molecular weight excluding hydrogens is 308 g/mol. The molecule has 1 amide bonds. The summed E-state index contributed by atoms with van der Waals surface area (Å²) in [6.45, 7) is 2.66. The highest BCUT2D eigenvalue weighted by Gasteiger charge is 2.07. The van der Waals surface area contributed by atoms with E-state index < -0.39 is 0 Å². The number of amides is 1. The maximum absolute atomic E-state index is 12.0. The van der Waals surface area contributed by atoms with E-state index in [1.54, 1.807) is 38.5 Å². The Hall–Kier alpha value is -2.89. The number of carbonyl (C=O) groups is 1. The van der Waals surface area contributed by atoms with Gasteiger partial charge in [0.2, 0.25) is 5.91 Å². The fraction of sp³-hybridized carbons (Fsp3) is 0.278. The smallest absolute Gasteiger partial charge is 0.243 e. The monoisotopic (exact) mass is 330 g/mol. The molecule has 0 saturated carbocycles. The van der Waals surface area contributed by atoms with Crippen molar-refractivity contribution in [2.24, 2.45) is 0 Å². The number of nitrogens with one attached hydrogen (secondary N) is 2. The van der Waals surface area contributed by atoms with Gasteiger partial charge in [-0.25, -0.2) is 0 Å². The van der Waals surface area contributed by atoms with E-state index in [9.17, 15) is 4.79 Å². The normalized spacial score (nSPS) is 9.96. The first-order chi connectivity index (χ1) is 11.7. The lowest BCUT2D eigenvalue weighted by Gasteiger charge is -2.12. The number of hydrogen-bond acceptors (Lipinski definition) is 5. The van der Waals surface area contributed by atoms with Crippen LogP contribution in [-0.4, -0.2) is 33.3 Å². The van der Waals surface area contributed by atoms with Crippen LogP contribution in [0.25, 0.3) is 0 Å². The van der Waals surface area contributed by atoms with Crippen molar-refractivity contribution in [3.05, 3.63) is 42.5 Å². The highest BCUT2D eigenvalue weighted by Crippen LogP contribution is 2.28. The van der Waals surface area contributed by atoms with Gasteiger partial charge in [-0.15, -0.1) is 0 Å². The maximum atomic E-state index is 12.0. The van der Waals surface area contributed by atoms with Gasteiger partial charge in [0.25, 0.3) is 0 Å². The van der Waals surface area contributed by atoms with Crippen LogP contribution in [0.1, 0.15) is 6.92 Å². The van der Waals surface area contributed by atoms with Crippen LogP contribution in [0.2, 0.25) is 0 Å². The van der Waals surface area contributed by atoms with E-state index in [-0.39, 0.29) is 12.5 Å². The van der Waals surface area contributed by atoms with Gasteiger partial charge in [0.1, 0.15) is 17.2 Å². The summed E-state index contributed by atoms with van der Waals surface area (Å²) in [5.41, 5.74) is 1.44. The third kappa shape index (κ3) is 4.81. The number of anilines is 2. The first-order valence-electron chi connectivity index (χ1n) is 7.65. The average molecular weight is 330 g/mol. The number of benzene rings is 2. The summed E-state index contributed by atoms with van der Waals surface area (Å²) in [7, 11) is 3.16. The van der Waals surface area contributed by atoms with Crippen molar-refractivity contribution in [1.82, 2.24) is 0 Å². The van der Waals surface area contributed by atoms with Crippen LogP contribution in [0.15, 0.2) is 42.5 Å². The zero-order valence-corrected chi connectivity index (χ0v) is 14.1. The molecule has 2 rings (SSSR count). The molecule has 0 atom stereocenters. The van der Waals surface area contributed by atoms with Crippen molar-refractivity contribution >= 4 is 17.3 Å². The molecule has 2 aromatic carbocycles. The standard InChI is InChI=1S/C18H22N2O4/c1-4-24-14-7-5-13(6-8-14)20-18(21)12-19-16-10-9-15(22-2)11-17(16)23-3/h5-11,19H,4,12H2,1-3H3,(H,20,21). The van der Waals surface area contributed by atoms with Crippen LogP contribution in [0.3, 0.4) is 0 Å². The summed E-state index contributed by atoms with van der Waals surface area (Å²) in [5, 5.41) is 5.87. The number of rotatable bonds is 8. The van der Waals surface area contributed by atoms with E-state index in [0.29, 0.717) is 23.8 Å². The second-order valence-corrected chi connectivity index (χ2v) is 4.93. The van der Waals surface area contributed by atoms with Crippen LogP contribution in [-0.2, 0) is 4.79 Å². The van der Waals surface area contributed by atoms with Gasteiger partial charge in [0.05, 0.1) is 33.1 Å². The van der Waals surface area contributed by atoms with Gasteiger partial charge in [-0.1, -0.05) is 0 Å². The fourth-order valence-electron chi connectivity index (χ4n) is 2.13. The minimum atomic E-state index is -0.156. The molecular formula is C18H22N2O4. The van der Waals surface area contributed by atoms with E-state index in [1.165, 1.54) is 0 Å². The molecule has 0 radical (unpaired) electrons. The minimum absolute atomic E-state index is 0.121. The second kappa shape index (κ2) is 8.67. The molecule has 0 bridgehead atoms. The molecule has 0 unspecified atom stereocenters. The Morgan fingerprint density at radius 2 is 1.71 bits per heavy atom. The van der Waals surface area contributed by atoms with Gasteiger partial charge in [-0.2, -0.15) is 0 Å². The van der Waals surface area contributed by atoms with E-state index in [4.69, 9.17) is 14.2 Å². The van der Waals surface area contributed by atoms with Gasteiger partial charge in [0, 0.05) is 11.8 Å². The molecule has 0 aliphatic carbocycles. The van der Waals surface area contributed by atoms with Crippen molar-refractivity contribution in [2.75, 3.05) is 38.0 Å². The summed E-state index contributed by atoms with van der Waals surface area (Å²) in [5.74, 6) is 1.92. The highest BCUT2D eigenvalue weighted by atomic mass is 16.5.